The number of likely N-dealkylation sites (tertiary alicyclic amines) is 1. The van der Waals surface area contributed by atoms with Gasteiger partial charge in [-0.1, -0.05) is 11.6 Å². The molecule has 0 radical (unpaired) electrons. The molecule has 0 spiro atoms. The zero-order valence-electron chi connectivity index (χ0n) is 18.3. The molecule has 0 aliphatic carbocycles. The average Bonchev–Trinajstić information content (AvgIpc) is 3.11. The van der Waals surface area contributed by atoms with E-state index in [1.54, 1.807) is 18.5 Å². The molecule has 1 aliphatic rings. The van der Waals surface area contributed by atoms with E-state index in [1.807, 2.05) is 25.7 Å². The van der Waals surface area contributed by atoms with Crippen molar-refractivity contribution in [2.24, 2.45) is 0 Å². The van der Waals surface area contributed by atoms with Crippen molar-refractivity contribution in [3.05, 3.63) is 35.5 Å². The van der Waals surface area contributed by atoms with Crippen molar-refractivity contribution in [1.29, 1.82) is 0 Å². The number of hydrogen-bond acceptors (Lipinski definition) is 7. The van der Waals surface area contributed by atoms with Crippen molar-refractivity contribution in [2.75, 3.05) is 25.0 Å². The first kappa shape index (κ1) is 22.4. The number of carbonyl (C=O) groups excluding carboxylic acids is 1. The molecule has 4 rings (SSSR count). The van der Waals surface area contributed by atoms with Gasteiger partial charge in [0.05, 0.1) is 17.8 Å². The van der Waals surface area contributed by atoms with Gasteiger partial charge >= 0.3 is 5.97 Å². The van der Waals surface area contributed by atoms with Crippen molar-refractivity contribution in [2.45, 2.75) is 45.3 Å². The van der Waals surface area contributed by atoms with Crippen LogP contribution in [0.3, 0.4) is 0 Å². The van der Waals surface area contributed by atoms with Gasteiger partial charge in [0.25, 0.3) is 0 Å². The number of anilines is 1. The van der Waals surface area contributed by atoms with Crippen LogP contribution in [0.1, 0.15) is 33.6 Å². The molecule has 0 aromatic carbocycles. The topological polar surface area (TPSA) is 96.0 Å². The van der Waals surface area contributed by atoms with Gasteiger partial charge < -0.3 is 15.0 Å². The lowest BCUT2D eigenvalue weighted by Crippen LogP contribution is -2.45. The Morgan fingerprint density at radius 2 is 2.19 bits per heavy atom. The minimum absolute atomic E-state index is 0.0532. The molecule has 2 N–H and O–H groups in total. The third-order valence-corrected chi connectivity index (χ3v) is 5.31. The minimum atomic E-state index is -0.533. The Morgan fingerprint density at radius 3 is 2.97 bits per heavy atom. The molecule has 8 nitrogen and oxygen atoms in total. The van der Waals surface area contributed by atoms with E-state index in [4.69, 9.17) is 16.3 Å². The van der Waals surface area contributed by atoms with Crippen molar-refractivity contribution in [3.63, 3.8) is 0 Å². The molecule has 170 valence electrons. The number of esters is 1. The lowest BCUT2D eigenvalue weighted by molar-refractivity contribution is -0.156. The van der Waals surface area contributed by atoms with Crippen LogP contribution >= 0.6 is 11.6 Å². The number of fused-ring (bicyclic) bond motifs is 1. The Labute approximate surface area is 190 Å². The van der Waals surface area contributed by atoms with Crippen LogP contribution < -0.4 is 5.32 Å². The van der Waals surface area contributed by atoms with Crippen LogP contribution in [0.2, 0.25) is 5.02 Å². The minimum Gasteiger partial charge on any atom is -0.459 e. The molecule has 0 bridgehead atoms. The van der Waals surface area contributed by atoms with Crippen LogP contribution in [-0.4, -0.2) is 62.1 Å². The first-order valence-corrected chi connectivity index (χ1v) is 10.9. The van der Waals surface area contributed by atoms with Crippen molar-refractivity contribution in [1.82, 2.24) is 24.8 Å². The summed E-state index contributed by atoms with van der Waals surface area (Å²) in [4.78, 5) is 30.1. The van der Waals surface area contributed by atoms with Gasteiger partial charge in [0.1, 0.15) is 11.2 Å². The molecule has 1 saturated heterocycles. The van der Waals surface area contributed by atoms with Crippen LogP contribution in [0.25, 0.3) is 22.4 Å². The third kappa shape index (κ3) is 5.34. The first-order valence-electron chi connectivity index (χ1n) is 10.5. The van der Waals surface area contributed by atoms with Crippen LogP contribution in [0, 0.1) is 5.82 Å². The zero-order valence-corrected chi connectivity index (χ0v) is 19.0. The summed E-state index contributed by atoms with van der Waals surface area (Å²) in [6.07, 6.45) is 6.16. The summed E-state index contributed by atoms with van der Waals surface area (Å²) in [5.74, 6) is -0.302. The first-order chi connectivity index (χ1) is 15.2. The summed E-state index contributed by atoms with van der Waals surface area (Å²) in [5.41, 5.74) is 0.817. The molecule has 0 amide bonds. The molecular weight excluding hydrogens is 435 g/mol. The number of aromatic amines is 1. The molecule has 0 saturated carbocycles. The molecule has 0 unspecified atom stereocenters. The van der Waals surface area contributed by atoms with E-state index in [2.05, 4.69) is 25.3 Å². The average molecular weight is 461 g/mol. The second-order valence-corrected chi connectivity index (χ2v) is 9.38. The highest BCUT2D eigenvalue weighted by Gasteiger charge is 2.25. The predicted molar refractivity (Wildman–Crippen MR) is 121 cm³/mol. The maximum Gasteiger partial charge on any atom is 0.320 e. The van der Waals surface area contributed by atoms with Crippen molar-refractivity contribution < 1.29 is 13.9 Å². The molecule has 1 aliphatic heterocycles. The molecule has 3 aromatic heterocycles. The number of carbonyl (C=O) groups is 1. The van der Waals surface area contributed by atoms with Crippen LogP contribution in [0.4, 0.5) is 10.2 Å². The molecule has 3 aromatic rings. The fourth-order valence-electron chi connectivity index (χ4n) is 3.83. The summed E-state index contributed by atoms with van der Waals surface area (Å²) < 4.78 is 19.9. The van der Waals surface area contributed by atoms with Crippen molar-refractivity contribution in [3.8, 4) is 11.4 Å². The SMILES string of the molecule is CC(C)(C)OC(=O)CN1CCC[C@H](Nc2nc(-c3c[nH]c4ncc(Cl)cc34)ncc2F)C1. The number of nitrogens with one attached hydrogen (secondary N) is 2. The molecule has 32 heavy (non-hydrogen) atoms. The van der Waals surface area contributed by atoms with Gasteiger partial charge in [0, 0.05) is 35.9 Å². The quantitative estimate of drug-likeness (QED) is 0.555. The van der Waals surface area contributed by atoms with E-state index in [1.165, 1.54) is 0 Å². The van der Waals surface area contributed by atoms with E-state index in [-0.39, 0.29) is 24.4 Å². The second-order valence-electron chi connectivity index (χ2n) is 8.95. The van der Waals surface area contributed by atoms with E-state index >= 15 is 0 Å². The lowest BCUT2D eigenvalue weighted by Gasteiger charge is -2.33. The Morgan fingerprint density at radius 1 is 1.38 bits per heavy atom. The summed E-state index contributed by atoms with van der Waals surface area (Å²) in [5, 5.41) is 4.44. The lowest BCUT2D eigenvalue weighted by atomic mass is 10.1. The highest BCUT2D eigenvalue weighted by molar-refractivity contribution is 6.31. The van der Waals surface area contributed by atoms with E-state index < -0.39 is 11.4 Å². The van der Waals surface area contributed by atoms with Crippen LogP contribution in [-0.2, 0) is 9.53 Å². The van der Waals surface area contributed by atoms with Gasteiger partial charge in [-0.3, -0.25) is 9.69 Å². The number of rotatable bonds is 5. The molecule has 1 atom stereocenters. The van der Waals surface area contributed by atoms with Gasteiger partial charge in [-0.05, 0) is 46.2 Å². The van der Waals surface area contributed by atoms with Gasteiger partial charge in [0.2, 0.25) is 0 Å². The van der Waals surface area contributed by atoms with E-state index in [9.17, 15) is 9.18 Å². The summed E-state index contributed by atoms with van der Waals surface area (Å²) in [6.45, 7) is 7.12. The predicted octanol–water partition coefficient (Wildman–Crippen LogP) is 4.03. The fraction of sp³-hybridized carbons (Fsp3) is 0.455. The maximum absolute atomic E-state index is 14.5. The van der Waals surface area contributed by atoms with Crippen molar-refractivity contribution >= 4 is 34.4 Å². The molecule has 1 fully saturated rings. The van der Waals surface area contributed by atoms with Crippen LogP contribution in [0.15, 0.2) is 24.7 Å². The fourth-order valence-corrected chi connectivity index (χ4v) is 3.99. The number of hydrogen-bond donors (Lipinski definition) is 2. The molecular formula is C22H26ClFN6O2. The standard InChI is InChI=1S/C22H26ClFN6O2/c1-22(2,3)32-18(31)12-30-6-4-5-14(11-30)28-21-17(24)10-27-20(29-21)16-9-26-19-15(16)7-13(23)8-25-19/h7-10,14H,4-6,11-12H2,1-3H3,(H,25,26)(H,27,28,29)/t14-/m0/s1. The zero-order chi connectivity index (χ0) is 22.9. The maximum atomic E-state index is 14.5. The summed E-state index contributed by atoms with van der Waals surface area (Å²) >= 11 is 6.08. The highest BCUT2D eigenvalue weighted by Crippen LogP contribution is 2.28. The highest BCUT2D eigenvalue weighted by atomic mass is 35.5. The van der Waals surface area contributed by atoms with Gasteiger partial charge in [-0.15, -0.1) is 0 Å². The number of nitrogens with zero attached hydrogens (tertiary/aromatic N) is 4. The monoisotopic (exact) mass is 460 g/mol. The Bertz CT molecular complexity index is 1130. The molecule has 4 heterocycles. The third-order valence-electron chi connectivity index (χ3n) is 5.10. The Hall–Kier alpha value is -2.78. The number of halogens is 2. The largest absolute Gasteiger partial charge is 0.459 e. The Balaban J connectivity index is 1.48. The normalized spacial score (nSPS) is 17.5. The van der Waals surface area contributed by atoms with Gasteiger partial charge in [0.15, 0.2) is 17.5 Å². The smallest absolute Gasteiger partial charge is 0.320 e. The van der Waals surface area contributed by atoms with E-state index in [0.29, 0.717) is 28.6 Å². The number of aromatic nitrogens is 4. The number of ether oxygens (including phenoxy) is 1. The summed E-state index contributed by atoms with van der Waals surface area (Å²) in [7, 11) is 0. The molecule has 10 heteroatoms. The number of H-pyrrole nitrogens is 1. The van der Waals surface area contributed by atoms with Gasteiger partial charge in [-0.2, -0.15) is 0 Å². The van der Waals surface area contributed by atoms with Gasteiger partial charge in [-0.25, -0.2) is 19.3 Å². The van der Waals surface area contributed by atoms with Crippen LogP contribution in [0.5, 0.6) is 0 Å². The number of piperidine rings is 1. The Kier molecular flexibility index (Phi) is 6.30. The van der Waals surface area contributed by atoms with E-state index in [0.717, 1.165) is 31.0 Å². The second kappa shape index (κ2) is 8.99. The summed E-state index contributed by atoms with van der Waals surface area (Å²) in [6, 6.07) is 1.72. The number of pyridine rings is 1.